The van der Waals surface area contributed by atoms with Gasteiger partial charge < -0.3 is 15.1 Å². The lowest BCUT2D eigenvalue weighted by atomic mass is 9.82. The van der Waals surface area contributed by atoms with Crippen molar-refractivity contribution in [3.05, 3.63) is 63.4 Å². The number of hydrogen-bond donors (Lipinski definition) is 2. The first-order valence-electron chi connectivity index (χ1n) is 9.93. The number of aromatic amines is 1. The SMILES string of the molecule is ClC1=CCN=c2c3c([nH]c2=C1C1CCC(Oc2ccccc2)CC1)C=NNC3. The summed E-state index contributed by atoms with van der Waals surface area (Å²) in [5.41, 5.74) is 6.48. The number of ether oxygens (including phenoxy) is 1. The predicted molar refractivity (Wildman–Crippen MR) is 111 cm³/mol. The first kappa shape index (κ1) is 17.6. The maximum absolute atomic E-state index is 6.74. The quantitative estimate of drug-likeness (QED) is 0.840. The van der Waals surface area contributed by atoms with Crippen molar-refractivity contribution in [2.45, 2.75) is 38.3 Å². The molecule has 0 unspecified atom stereocenters. The molecule has 2 aromatic rings. The van der Waals surface area contributed by atoms with Gasteiger partial charge in [0.1, 0.15) is 5.75 Å². The largest absolute Gasteiger partial charge is 0.490 e. The Morgan fingerprint density at radius 1 is 1.07 bits per heavy atom. The number of fused-ring (bicyclic) bond motifs is 3. The third kappa shape index (κ3) is 3.24. The van der Waals surface area contributed by atoms with Crippen molar-refractivity contribution < 1.29 is 4.74 Å². The molecule has 5 rings (SSSR count). The van der Waals surface area contributed by atoms with E-state index in [2.05, 4.69) is 15.5 Å². The average molecular weight is 395 g/mol. The first-order chi connectivity index (χ1) is 13.8. The number of halogens is 1. The molecule has 144 valence electrons. The van der Waals surface area contributed by atoms with Crippen LogP contribution in [0.2, 0.25) is 0 Å². The van der Waals surface area contributed by atoms with Gasteiger partial charge in [0.15, 0.2) is 0 Å². The lowest BCUT2D eigenvalue weighted by Crippen LogP contribution is -2.33. The zero-order chi connectivity index (χ0) is 18.9. The molecule has 0 spiro atoms. The number of nitrogens with zero attached hydrogens (tertiary/aromatic N) is 2. The Balaban J connectivity index is 1.43. The second-order valence-electron chi connectivity index (χ2n) is 7.54. The first-order valence-corrected chi connectivity index (χ1v) is 10.3. The Kier molecular flexibility index (Phi) is 4.69. The summed E-state index contributed by atoms with van der Waals surface area (Å²) >= 11 is 6.74. The predicted octanol–water partition coefficient (Wildman–Crippen LogP) is 3.00. The summed E-state index contributed by atoms with van der Waals surface area (Å²) in [6.07, 6.45) is 8.33. The van der Waals surface area contributed by atoms with Crippen LogP contribution in [0.5, 0.6) is 5.75 Å². The second kappa shape index (κ2) is 7.47. The van der Waals surface area contributed by atoms with Gasteiger partial charge >= 0.3 is 0 Å². The van der Waals surface area contributed by atoms with Crippen LogP contribution < -0.4 is 20.9 Å². The van der Waals surface area contributed by atoms with Crippen LogP contribution in [0, 0.1) is 5.92 Å². The van der Waals surface area contributed by atoms with E-state index in [9.17, 15) is 0 Å². The monoisotopic (exact) mass is 394 g/mol. The van der Waals surface area contributed by atoms with E-state index >= 15 is 0 Å². The third-order valence-electron chi connectivity index (χ3n) is 5.82. The van der Waals surface area contributed by atoms with Gasteiger partial charge in [0.2, 0.25) is 0 Å². The summed E-state index contributed by atoms with van der Waals surface area (Å²) in [7, 11) is 0. The molecule has 1 aliphatic carbocycles. The Morgan fingerprint density at radius 2 is 1.89 bits per heavy atom. The van der Waals surface area contributed by atoms with Crippen LogP contribution in [-0.4, -0.2) is 23.8 Å². The van der Waals surface area contributed by atoms with Crippen molar-refractivity contribution >= 4 is 23.4 Å². The molecule has 0 radical (unpaired) electrons. The fraction of sp³-hybridized carbons (Fsp3) is 0.364. The van der Waals surface area contributed by atoms with E-state index < -0.39 is 0 Å². The minimum Gasteiger partial charge on any atom is -0.490 e. The van der Waals surface area contributed by atoms with Gasteiger partial charge in [0.05, 0.1) is 41.8 Å². The van der Waals surface area contributed by atoms with Gasteiger partial charge in [-0.2, -0.15) is 5.10 Å². The molecule has 0 atom stereocenters. The highest BCUT2D eigenvalue weighted by Crippen LogP contribution is 2.36. The summed E-state index contributed by atoms with van der Waals surface area (Å²) in [6, 6.07) is 10.1. The fourth-order valence-electron chi connectivity index (χ4n) is 4.45. The van der Waals surface area contributed by atoms with E-state index in [1.165, 1.54) is 11.1 Å². The molecule has 0 saturated heterocycles. The number of allylic oxidation sites excluding steroid dienone is 1. The van der Waals surface area contributed by atoms with Gasteiger partial charge in [-0.05, 0) is 55.4 Å². The normalized spacial score (nSPS) is 23.6. The Bertz CT molecular complexity index is 1050. The molecule has 1 saturated carbocycles. The summed E-state index contributed by atoms with van der Waals surface area (Å²) in [5.74, 6) is 1.37. The summed E-state index contributed by atoms with van der Waals surface area (Å²) in [4.78, 5) is 8.33. The van der Waals surface area contributed by atoms with Crippen molar-refractivity contribution in [1.82, 2.24) is 10.4 Å². The molecule has 0 bridgehead atoms. The van der Waals surface area contributed by atoms with E-state index in [-0.39, 0.29) is 6.10 Å². The van der Waals surface area contributed by atoms with E-state index in [1.54, 1.807) is 0 Å². The van der Waals surface area contributed by atoms with Crippen LogP contribution in [0.4, 0.5) is 0 Å². The van der Waals surface area contributed by atoms with Gasteiger partial charge in [-0.3, -0.25) is 4.99 Å². The molecule has 0 amide bonds. The molecular weight excluding hydrogens is 372 g/mol. The molecule has 3 heterocycles. The van der Waals surface area contributed by atoms with Crippen LogP contribution in [0.1, 0.15) is 36.9 Å². The zero-order valence-corrected chi connectivity index (χ0v) is 16.4. The van der Waals surface area contributed by atoms with Gasteiger partial charge in [-0.1, -0.05) is 29.8 Å². The number of aromatic nitrogens is 1. The maximum Gasteiger partial charge on any atom is 0.119 e. The molecule has 1 aromatic heterocycles. The third-order valence-corrected chi connectivity index (χ3v) is 6.18. The molecule has 28 heavy (non-hydrogen) atoms. The van der Waals surface area contributed by atoms with E-state index in [1.807, 2.05) is 42.6 Å². The van der Waals surface area contributed by atoms with E-state index in [0.717, 1.165) is 52.9 Å². The fourth-order valence-corrected chi connectivity index (χ4v) is 4.77. The zero-order valence-electron chi connectivity index (χ0n) is 15.6. The number of benzene rings is 1. The summed E-state index contributed by atoms with van der Waals surface area (Å²) < 4.78 is 6.17. The maximum atomic E-state index is 6.74. The highest BCUT2D eigenvalue weighted by molar-refractivity contribution is 6.35. The molecule has 5 nitrogen and oxygen atoms in total. The smallest absolute Gasteiger partial charge is 0.119 e. The Morgan fingerprint density at radius 3 is 2.71 bits per heavy atom. The highest BCUT2D eigenvalue weighted by atomic mass is 35.5. The molecule has 1 fully saturated rings. The number of hydrogen-bond acceptors (Lipinski definition) is 4. The second-order valence-corrected chi connectivity index (χ2v) is 7.95. The van der Waals surface area contributed by atoms with Gasteiger partial charge in [-0.15, -0.1) is 0 Å². The minimum atomic E-state index is 0.269. The topological polar surface area (TPSA) is 61.8 Å². The van der Waals surface area contributed by atoms with Crippen molar-refractivity contribution in [2.75, 3.05) is 6.54 Å². The number of hydrazone groups is 1. The lowest BCUT2D eigenvalue weighted by Gasteiger charge is -2.30. The van der Waals surface area contributed by atoms with Gasteiger partial charge in [-0.25, -0.2) is 0 Å². The van der Waals surface area contributed by atoms with Crippen LogP contribution in [0.15, 0.2) is 51.5 Å². The molecule has 2 N–H and O–H groups in total. The highest BCUT2D eigenvalue weighted by Gasteiger charge is 2.28. The summed E-state index contributed by atoms with van der Waals surface area (Å²) in [6.45, 7) is 1.31. The lowest BCUT2D eigenvalue weighted by molar-refractivity contribution is 0.143. The summed E-state index contributed by atoms with van der Waals surface area (Å²) in [5, 5.41) is 7.12. The van der Waals surface area contributed by atoms with E-state index in [4.69, 9.17) is 21.3 Å². The number of nitrogens with one attached hydrogen (secondary N) is 2. The van der Waals surface area contributed by atoms with Gasteiger partial charge in [0.25, 0.3) is 0 Å². The number of H-pyrrole nitrogens is 1. The standard InChI is InChI=1S/C22H23ClN4O/c23-18-10-11-24-21-17-12-25-26-13-19(17)27-22(21)20(18)14-6-8-16(9-7-14)28-15-4-2-1-3-5-15/h1-5,10,13-14,16,25,27H,6-9,11-12H2. The van der Waals surface area contributed by atoms with E-state index in [0.29, 0.717) is 19.0 Å². The molecule has 6 heteroatoms. The number of para-hydroxylation sites is 1. The Hall–Kier alpha value is -2.53. The number of rotatable bonds is 3. The van der Waals surface area contributed by atoms with Gasteiger partial charge in [0, 0.05) is 10.6 Å². The minimum absolute atomic E-state index is 0.269. The average Bonchev–Trinajstić information content (AvgIpc) is 3.00. The molecular formula is C22H23ClN4O. The molecule has 2 aliphatic heterocycles. The van der Waals surface area contributed by atoms with Crippen LogP contribution in [-0.2, 0) is 6.54 Å². The molecule has 1 aromatic carbocycles. The Labute approximate surface area is 168 Å². The van der Waals surface area contributed by atoms with Crippen molar-refractivity contribution in [3.63, 3.8) is 0 Å². The van der Waals surface area contributed by atoms with Crippen molar-refractivity contribution in [1.29, 1.82) is 0 Å². The van der Waals surface area contributed by atoms with Crippen LogP contribution >= 0.6 is 11.6 Å². The van der Waals surface area contributed by atoms with Crippen molar-refractivity contribution in [2.24, 2.45) is 16.0 Å². The van der Waals surface area contributed by atoms with Crippen LogP contribution in [0.25, 0.3) is 5.57 Å². The van der Waals surface area contributed by atoms with Crippen LogP contribution in [0.3, 0.4) is 0 Å². The molecule has 3 aliphatic rings. The van der Waals surface area contributed by atoms with Crippen molar-refractivity contribution in [3.8, 4) is 5.75 Å².